The Morgan fingerprint density at radius 1 is 0.435 bits per heavy atom. The number of phosphoric acid groups is 4. The molecule has 0 rings (SSSR count). The molecule has 0 atom stereocenters. The van der Waals surface area contributed by atoms with Gasteiger partial charge in [-0.05, 0) is 0 Å². The topological polar surface area (TPSA) is 417 Å². The summed E-state index contributed by atoms with van der Waals surface area (Å²) in [6, 6.07) is 0. The average molecular weight is 560 g/mol. The zero-order chi connectivity index (χ0) is 15.4. The Morgan fingerprint density at radius 2 is 0.522 bits per heavy atom. The summed E-state index contributed by atoms with van der Waals surface area (Å²) < 4.78 is 42.3. The normalized spacial score (nSPS) is 10.8. The SMILES string of the molecule is O=P([O-])([O-])OP(=O)([O-])[O-].O=P([O-])([O-])OP(=O)([O-])[O-].[Ce+4].[NH4+].[NH4+].[NH4+].[NH4+]. The number of quaternary nitrogens is 4. The molecule has 0 amide bonds. The van der Waals surface area contributed by atoms with Crippen LogP contribution in [0.2, 0.25) is 0 Å². The van der Waals surface area contributed by atoms with Crippen molar-refractivity contribution in [1.29, 1.82) is 0 Å². The van der Waals surface area contributed by atoms with Crippen molar-refractivity contribution in [3.05, 3.63) is 0 Å². The molecule has 0 bridgehead atoms. The van der Waals surface area contributed by atoms with Crippen LogP contribution in [0.25, 0.3) is 0 Å². The van der Waals surface area contributed by atoms with Gasteiger partial charge in [-0.3, -0.25) is 0 Å². The molecule has 0 radical (unpaired) electrons. The van der Waals surface area contributed by atoms with Crippen LogP contribution in [0, 0.1) is 41.7 Å². The molecule has 0 aliphatic rings. The van der Waals surface area contributed by atoms with Crippen LogP contribution in [-0.2, 0) is 26.9 Å². The first-order valence-corrected chi connectivity index (χ1v) is 8.76. The third kappa shape index (κ3) is 59.4. The van der Waals surface area contributed by atoms with E-state index in [0.29, 0.717) is 0 Å². The zero-order valence-electron chi connectivity index (χ0n) is 12.0. The molecule has 23 heteroatoms. The average Bonchev–Trinajstić information content (AvgIpc) is 1.64. The first kappa shape index (κ1) is 44.3. The summed E-state index contributed by atoms with van der Waals surface area (Å²) in [6.07, 6.45) is 0. The zero-order valence-corrected chi connectivity index (χ0v) is 18.7. The molecule has 0 heterocycles. The minimum absolute atomic E-state index is 0. The fraction of sp³-hybridized carbons (Fsp3) is 0. The van der Waals surface area contributed by atoms with E-state index in [4.69, 9.17) is 0 Å². The first-order chi connectivity index (χ1) is 7.41. The van der Waals surface area contributed by atoms with Crippen LogP contribution in [0.3, 0.4) is 0 Å². The summed E-state index contributed by atoms with van der Waals surface area (Å²) in [5.41, 5.74) is 0. The minimum atomic E-state index is -5.68. The van der Waals surface area contributed by atoms with E-state index in [-0.39, 0.29) is 66.3 Å². The Hall–Kier alpha value is 1.74. The van der Waals surface area contributed by atoms with Crippen LogP contribution in [0.15, 0.2) is 0 Å². The standard InChI is InChI=1S/Ce.4H3N.2H4O7P2/c;;;;;2*1-8(2,3)7-9(4,5)6/h;4*1H3;2*(H2,1,2,3)(H2,4,5,6)/q+4;;;;;;/p-4. The second kappa shape index (κ2) is 16.0. The molecule has 0 saturated carbocycles. The fourth-order valence-electron chi connectivity index (χ4n) is 0.245. The predicted octanol–water partition coefficient (Wildman–Crippen LogP) is -5.17. The van der Waals surface area contributed by atoms with Crippen molar-refractivity contribution in [1.82, 2.24) is 24.6 Å². The molecular formula is H16CeN4O14P4. The predicted molar refractivity (Wildman–Crippen MR) is 56.5 cm³/mol. The Morgan fingerprint density at radius 3 is 0.522 bits per heavy atom. The van der Waals surface area contributed by atoms with Gasteiger partial charge in [-0.2, -0.15) is 0 Å². The van der Waals surface area contributed by atoms with E-state index in [1.807, 2.05) is 0 Å². The second-order valence-electron chi connectivity index (χ2n) is 1.95. The third-order valence-corrected chi connectivity index (χ3v) is 3.60. The van der Waals surface area contributed by atoms with E-state index < -0.39 is 31.3 Å². The van der Waals surface area contributed by atoms with Gasteiger partial charge in [0, 0.05) is 0 Å². The molecule has 16 N–H and O–H groups in total. The van der Waals surface area contributed by atoms with Gasteiger partial charge in [0.15, 0.2) is 0 Å². The van der Waals surface area contributed by atoms with Gasteiger partial charge >= 0.3 is 41.7 Å². The summed E-state index contributed by atoms with van der Waals surface area (Å²) in [5.74, 6) is 0. The minimum Gasteiger partial charge on any atom is -0.790 e. The van der Waals surface area contributed by atoms with Crippen molar-refractivity contribution in [2.24, 2.45) is 0 Å². The van der Waals surface area contributed by atoms with Gasteiger partial charge < -0.3 is 90.6 Å². The summed E-state index contributed by atoms with van der Waals surface area (Å²) in [6.45, 7) is 0. The van der Waals surface area contributed by atoms with E-state index in [1.165, 1.54) is 0 Å². The van der Waals surface area contributed by atoms with Crippen molar-refractivity contribution in [3.63, 3.8) is 0 Å². The van der Waals surface area contributed by atoms with E-state index in [0.717, 1.165) is 0 Å². The van der Waals surface area contributed by atoms with E-state index in [1.54, 1.807) is 0 Å². The van der Waals surface area contributed by atoms with Gasteiger partial charge in [0.05, 0.1) is 31.3 Å². The molecule has 23 heavy (non-hydrogen) atoms. The number of hydrogen-bond acceptors (Lipinski definition) is 14. The molecule has 0 aliphatic heterocycles. The summed E-state index contributed by atoms with van der Waals surface area (Å²) in [5, 5.41) is 0. The maximum absolute atomic E-state index is 9.32. The van der Waals surface area contributed by atoms with E-state index in [2.05, 4.69) is 8.62 Å². The summed E-state index contributed by atoms with van der Waals surface area (Å²) in [7, 11) is -22.7. The van der Waals surface area contributed by atoms with Crippen molar-refractivity contribution in [2.45, 2.75) is 0 Å². The quantitative estimate of drug-likeness (QED) is 0.234. The molecule has 0 fully saturated rings. The molecule has 0 aromatic heterocycles. The monoisotopic (exact) mass is 560 g/mol. The molecule has 0 spiro atoms. The maximum atomic E-state index is 9.32. The van der Waals surface area contributed by atoms with Crippen LogP contribution >= 0.6 is 31.3 Å². The number of rotatable bonds is 4. The van der Waals surface area contributed by atoms with Crippen LogP contribution in [0.4, 0.5) is 0 Å². The molecule has 18 nitrogen and oxygen atoms in total. The molecule has 0 aromatic rings. The summed E-state index contributed by atoms with van der Waals surface area (Å²) >= 11 is 0. The van der Waals surface area contributed by atoms with Gasteiger partial charge in [-0.25, -0.2) is 0 Å². The van der Waals surface area contributed by atoms with Gasteiger partial charge in [-0.15, -0.1) is 0 Å². The van der Waals surface area contributed by atoms with E-state index in [9.17, 15) is 57.4 Å². The van der Waals surface area contributed by atoms with Crippen molar-refractivity contribution < 1.29 is 108 Å². The summed E-state index contributed by atoms with van der Waals surface area (Å²) in [4.78, 5) is 74.6. The van der Waals surface area contributed by atoms with Gasteiger partial charge in [-0.1, -0.05) is 0 Å². The molecule has 0 aliphatic carbocycles. The Labute approximate surface area is 163 Å². The van der Waals surface area contributed by atoms with Crippen molar-refractivity contribution in [3.8, 4) is 0 Å². The van der Waals surface area contributed by atoms with Crippen LogP contribution in [0.1, 0.15) is 0 Å². The Bertz CT molecular complexity index is 358. The number of hydrogen-bond donors (Lipinski definition) is 4. The second-order valence-corrected chi connectivity index (χ2v) is 6.84. The molecule has 144 valence electrons. The van der Waals surface area contributed by atoms with E-state index >= 15 is 0 Å². The first-order valence-electron chi connectivity index (χ1n) is 2.92. The van der Waals surface area contributed by atoms with Crippen LogP contribution in [0.5, 0.6) is 0 Å². The maximum Gasteiger partial charge on any atom is 4.00 e. The largest absolute Gasteiger partial charge is 4.00 e. The molecule has 0 unspecified atom stereocenters. The van der Waals surface area contributed by atoms with Gasteiger partial charge in [0.1, 0.15) is 0 Å². The van der Waals surface area contributed by atoms with Crippen LogP contribution < -0.4 is 63.7 Å². The smallest absolute Gasteiger partial charge is 0.790 e. The molecular weight excluding hydrogens is 544 g/mol. The third-order valence-electron chi connectivity index (χ3n) is 0.400. The Kier molecular flexibility index (Phi) is 30.7. The fourth-order valence-corrected chi connectivity index (χ4v) is 2.20. The van der Waals surface area contributed by atoms with Gasteiger partial charge in [0.2, 0.25) is 0 Å². The molecule has 0 saturated heterocycles. The van der Waals surface area contributed by atoms with Gasteiger partial charge in [0.25, 0.3) is 0 Å². The molecule has 0 aromatic carbocycles. The van der Waals surface area contributed by atoms with Crippen LogP contribution in [-0.4, -0.2) is 0 Å². The van der Waals surface area contributed by atoms with Crippen molar-refractivity contribution in [2.75, 3.05) is 0 Å². The van der Waals surface area contributed by atoms with Crippen molar-refractivity contribution >= 4 is 31.3 Å². The Balaban J connectivity index is -0.0000000366.